The van der Waals surface area contributed by atoms with E-state index >= 15 is 0 Å². The minimum Gasteiger partial charge on any atom is -0.480 e. The second-order valence-electron chi connectivity index (χ2n) is 18.7. The molecule has 70 heavy (non-hydrogen) atoms. The van der Waals surface area contributed by atoms with Crippen LogP contribution in [0.4, 0.5) is 0 Å². The summed E-state index contributed by atoms with van der Waals surface area (Å²) in [5.74, 6) is -2.38. The van der Waals surface area contributed by atoms with E-state index in [2.05, 4.69) is 92.1 Å². The van der Waals surface area contributed by atoms with Crippen molar-refractivity contribution in [3.05, 3.63) is 72.9 Å². The van der Waals surface area contributed by atoms with Gasteiger partial charge in [0.1, 0.15) is 12.7 Å². The van der Waals surface area contributed by atoms with Crippen LogP contribution in [-0.4, -0.2) is 64.9 Å². The summed E-state index contributed by atoms with van der Waals surface area (Å²) in [6.45, 7) is 2.50. The smallest absolute Gasteiger partial charge is 0.472 e. The van der Waals surface area contributed by atoms with E-state index < -0.39 is 57.6 Å². The number of carboxylic acids is 1. The molecule has 0 fully saturated rings. The lowest BCUT2D eigenvalue weighted by Gasteiger charge is -2.18. The van der Waals surface area contributed by atoms with Gasteiger partial charge in [0.2, 0.25) is 5.91 Å². The Bertz CT molecular complexity index is 1460. The van der Waals surface area contributed by atoms with Gasteiger partial charge in [-0.2, -0.15) is 0 Å². The third kappa shape index (κ3) is 51.3. The molecule has 0 aliphatic heterocycles. The van der Waals surface area contributed by atoms with Gasteiger partial charge in [0.05, 0.1) is 13.2 Å². The standard InChI is InChI=1S/C58H102NO10P/c1-3-5-7-9-11-13-15-17-19-21-23-25-27-29-31-33-35-37-39-41-43-45-47-49-56(61)59-55(58(63)64)53-69-70(65,66)68-52-54(60)51-67-57(62)50-48-46-44-42-40-38-36-34-32-30-28-26-24-22-20-18-16-14-12-10-8-6-4-2/h6,8,12,14,17-20,24,26,30,32,54-55,60H,3-5,7,9-11,13,15-16,21-23,25,27-29,31,33-53H2,1-2H3,(H,59,61)(H,63,64)(H,65,66)/b8-6-,14-12-,19-17+,20-18-,26-24-,32-30-. The number of esters is 1. The number of rotatable bonds is 52. The van der Waals surface area contributed by atoms with Crippen molar-refractivity contribution in [3.8, 4) is 0 Å². The highest BCUT2D eigenvalue weighted by atomic mass is 31.2. The number of phosphoric ester groups is 1. The Morgan fingerprint density at radius 3 is 1.26 bits per heavy atom. The maximum absolute atomic E-state index is 12.4. The molecular formula is C58H102NO10P. The number of unbranched alkanes of at least 4 members (excludes halogenated alkanes) is 26. The number of nitrogens with one attached hydrogen (secondary N) is 1. The van der Waals surface area contributed by atoms with Crippen molar-refractivity contribution in [2.75, 3.05) is 19.8 Å². The van der Waals surface area contributed by atoms with E-state index in [0.717, 1.165) is 83.5 Å². The van der Waals surface area contributed by atoms with Crippen LogP contribution in [0.5, 0.6) is 0 Å². The summed E-state index contributed by atoms with van der Waals surface area (Å²) in [5.41, 5.74) is 0. The summed E-state index contributed by atoms with van der Waals surface area (Å²) in [5, 5.41) is 22.0. The number of hydrogen-bond acceptors (Lipinski definition) is 8. The lowest BCUT2D eigenvalue weighted by atomic mass is 10.0. The lowest BCUT2D eigenvalue weighted by molar-refractivity contribution is -0.147. The average molecular weight is 1000 g/mol. The first-order valence-corrected chi connectivity index (χ1v) is 29.5. The van der Waals surface area contributed by atoms with Gasteiger partial charge >= 0.3 is 19.8 Å². The molecule has 1 amide bonds. The zero-order chi connectivity index (χ0) is 51.3. The summed E-state index contributed by atoms with van der Waals surface area (Å²) in [6.07, 6.45) is 64.9. The SMILES string of the molecule is CC/C=C\C/C=C\C/C=C\C/C=C\C/C=C\CCCCCCCCCC(=O)OCC(O)COP(=O)(O)OCC(NC(=O)CCCCCCCCCCCCCCC/C=C/CCCCCCCC)C(=O)O. The number of hydrogen-bond donors (Lipinski definition) is 4. The molecule has 0 aliphatic carbocycles. The molecule has 0 aromatic rings. The Labute approximate surface area is 427 Å². The van der Waals surface area contributed by atoms with E-state index in [4.69, 9.17) is 13.8 Å². The molecule has 11 nitrogen and oxygen atoms in total. The molecule has 3 atom stereocenters. The zero-order valence-corrected chi connectivity index (χ0v) is 45.2. The van der Waals surface area contributed by atoms with E-state index in [1.165, 1.54) is 122 Å². The van der Waals surface area contributed by atoms with Gasteiger partial charge in [-0.05, 0) is 83.5 Å². The molecule has 0 saturated carbocycles. The highest BCUT2D eigenvalue weighted by molar-refractivity contribution is 7.47. The van der Waals surface area contributed by atoms with Crippen LogP contribution in [-0.2, 0) is 32.7 Å². The average Bonchev–Trinajstić information content (AvgIpc) is 3.34. The molecular weight excluding hydrogens is 902 g/mol. The Balaban J connectivity index is 3.81. The van der Waals surface area contributed by atoms with Gasteiger partial charge < -0.3 is 25.2 Å². The molecule has 0 heterocycles. The highest BCUT2D eigenvalue weighted by Gasteiger charge is 2.28. The second kappa shape index (κ2) is 52.2. The summed E-state index contributed by atoms with van der Waals surface area (Å²) < 4.78 is 27.0. The third-order valence-corrected chi connectivity index (χ3v) is 12.9. The molecule has 404 valence electrons. The molecule has 0 bridgehead atoms. The molecule has 0 aliphatic rings. The fourth-order valence-corrected chi connectivity index (χ4v) is 8.46. The quantitative estimate of drug-likeness (QED) is 0.0199. The minimum absolute atomic E-state index is 0.144. The van der Waals surface area contributed by atoms with Crippen molar-refractivity contribution in [1.82, 2.24) is 5.32 Å². The first-order valence-electron chi connectivity index (χ1n) is 28.0. The van der Waals surface area contributed by atoms with Gasteiger partial charge in [0, 0.05) is 12.8 Å². The largest absolute Gasteiger partial charge is 0.480 e. The van der Waals surface area contributed by atoms with Crippen molar-refractivity contribution in [3.63, 3.8) is 0 Å². The molecule has 0 spiro atoms. The zero-order valence-electron chi connectivity index (χ0n) is 44.3. The topological polar surface area (TPSA) is 169 Å². The van der Waals surface area contributed by atoms with Crippen LogP contribution in [0.3, 0.4) is 0 Å². The Kier molecular flexibility index (Phi) is 50.0. The van der Waals surface area contributed by atoms with Crippen LogP contribution in [0.1, 0.15) is 245 Å². The van der Waals surface area contributed by atoms with Crippen molar-refractivity contribution in [1.29, 1.82) is 0 Å². The first kappa shape index (κ1) is 66.9. The summed E-state index contributed by atoms with van der Waals surface area (Å²) in [4.78, 5) is 46.3. The number of amides is 1. The van der Waals surface area contributed by atoms with Gasteiger partial charge in [-0.3, -0.25) is 18.6 Å². The van der Waals surface area contributed by atoms with Crippen molar-refractivity contribution in [2.45, 2.75) is 257 Å². The molecule has 0 radical (unpaired) electrons. The van der Waals surface area contributed by atoms with Crippen LogP contribution in [0, 0.1) is 0 Å². The van der Waals surface area contributed by atoms with E-state index in [0.29, 0.717) is 12.8 Å². The number of phosphoric acid groups is 1. The van der Waals surface area contributed by atoms with Crippen LogP contribution < -0.4 is 5.32 Å². The highest BCUT2D eigenvalue weighted by Crippen LogP contribution is 2.43. The van der Waals surface area contributed by atoms with Gasteiger partial charge in [-0.15, -0.1) is 0 Å². The van der Waals surface area contributed by atoms with Gasteiger partial charge in [0.25, 0.3) is 0 Å². The first-order chi connectivity index (χ1) is 34.1. The number of ether oxygens (including phenoxy) is 1. The molecule has 0 rings (SSSR count). The van der Waals surface area contributed by atoms with Crippen LogP contribution >= 0.6 is 7.82 Å². The second-order valence-corrected chi connectivity index (χ2v) is 20.2. The number of aliphatic hydroxyl groups is 1. The Morgan fingerprint density at radius 2 is 0.829 bits per heavy atom. The number of aliphatic carboxylic acids is 1. The van der Waals surface area contributed by atoms with Gasteiger partial charge in [0.15, 0.2) is 6.04 Å². The summed E-state index contributed by atoms with van der Waals surface area (Å²) >= 11 is 0. The van der Waals surface area contributed by atoms with Crippen molar-refractivity contribution < 1.29 is 47.8 Å². The molecule has 3 unspecified atom stereocenters. The van der Waals surface area contributed by atoms with Crippen molar-refractivity contribution in [2.24, 2.45) is 0 Å². The number of aliphatic hydroxyl groups excluding tert-OH is 1. The predicted molar refractivity (Wildman–Crippen MR) is 291 cm³/mol. The van der Waals surface area contributed by atoms with E-state index in [1.807, 2.05) is 0 Å². The molecule has 12 heteroatoms. The van der Waals surface area contributed by atoms with Gasteiger partial charge in [-0.25, -0.2) is 9.36 Å². The molecule has 0 aromatic carbocycles. The number of carbonyl (C=O) groups excluding carboxylic acids is 2. The number of allylic oxidation sites excluding steroid dienone is 12. The minimum atomic E-state index is -4.77. The Hall–Kier alpha value is -3.08. The van der Waals surface area contributed by atoms with Gasteiger partial charge in [-0.1, -0.05) is 222 Å². The fraction of sp³-hybridized carbons (Fsp3) is 0.741. The van der Waals surface area contributed by atoms with Crippen LogP contribution in [0.2, 0.25) is 0 Å². The predicted octanol–water partition coefficient (Wildman–Crippen LogP) is 16.0. The molecule has 0 saturated heterocycles. The molecule has 0 aromatic heterocycles. The van der Waals surface area contributed by atoms with E-state index in [1.54, 1.807) is 0 Å². The van der Waals surface area contributed by atoms with E-state index in [-0.39, 0.29) is 12.8 Å². The third-order valence-electron chi connectivity index (χ3n) is 12.0. The number of carbonyl (C=O) groups is 3. The van der Waals surface area contributed by atoms with Crippen LogP contribution in [0.25, 0.3) is 0 Å². The van der Waals surface area contributed by atoms with Crippen molar-refractivity contribution >= 4 is 25.7 Å². The maximum Gasteiger partial charge on any atom is 0.472 e. The number of carboxylic acid groups (broad SMARTS) is 1. The van der Waals surface area contributed by atoms with Crippen LogP contribution in [0.15, 0.2) is 72.9 Å². The summed E-state index contributed by atoms with van der Waals surface area (Å²) in [7, 11) is -4.77. The van der Waals surface area contributed by atoms with E-state index in [9.17, 15) is 34.1 Å². The lowest BCUT2D eigenvalue weighted by Crippen LogP contribution is -2.43. The summed E-state index contributed by atoms with van der Waals surface area (Å²) in [6, 6.07) is -1.55. The monoisotopic (exact) mass is 1000 g/mol. The Morgan fingerprint density at radius 1 is 0.471 bits per heavy atom. The maximum atomic E-state index is 12.4. The normalized spacial score (nSPS) is 14.0. The molecule has 4 N–H and O–H groups in total. The fourth-order valence-electron chi connectivity index (χ4n) is 7.69.